The number of rotatable bonds is 3. The van der Waals surface area contributed by atoms with Crippen LogP contribution >= 0.6 is 0 Å². The largest absolute Gasteiger partial charge is 0.361 e. The summed E-state index contributed by atoms with van der Waals surface area (Å²) < 4.78 is 13.5. The maximum Gasteiger partial charge on any atom is 0.123 e. The van der Waals surface area contributed by atoms with E-state index in [0.717, 1.165) is 23.2 Å². The van der Waals surface area contributed by atoms with E-state index in [-0.39, 0.29) is 5.82 Å². The summed E-state index contributed by atoms with van der Waals surface area (Å²) in [4.78, 5) is 3.27. The Bertz CT molecular complexity index is 782. The van der Waals surface area contributed by atoms with Gasteiger partial charge < -0.3 is 4.98 Å². The van der Waals surface area contributed by atoms with E-state index in [1.807, 2.05) is 6.07 Å². The second-order valence-corrected chi connectivity index (χ2v) is 6.84. The first-order valence-corrected chi connectivity index (χ1v) is 8.60. The number of H-pyrrole nitrogens is 1. The molecule has 0 saturated heterocycles. The van der Waals surface area contributed by atoms with E-state index in [2.05, 4.69) is 41.5 Å². The van der Waals surface area contributed by atoms with Gasteiger partial charge in [-0.15, -0.1) is 0 Å². The molecule has 118 valence electrons. The van der Waals surface area contributed by atoms with Crippen LogP contribution in [0.1, 0.15) is 42.7 Å². The van der Waals surface area contributed by atoms with Gasteiger partial charge in [-0.3, -0.25) is 0 Å². The fourth-order valence-corrected chi connectivity index (χ4v) is 4.06. The van der Waals surface area contributed by atoms with Crippen molar-refractivity contribution < 1.29 is 4.39 Å². The van der Waals surface area contributed by atoms with Gasteiger partial charge in [0.15, 0.2) is 0 Å². The summed E-state index contributed by atoms with van der Waals surface area (Å²) in [6.45, 7) is 0. The Balaban J connectivity index is 1.44. The number of hydrogen-bond acceptors (Lipinski definition) is 0. The minimum atomic E-state index is -0.147. The first-order valence-electron chi connectivity index (χ1n) is 8.60. The molecule has 1 saturated carbocycles. The lowest BCUT2D eigenvalue weighted by molar-refractivity contribution is 0.325. The summed E-state index contributed by atoms with van der Waals surface area (Å²) in [5, 5.41) is 1.05. The lowest BCUT2D eigenvalue weighted by Gasteiger charge is -2.28. The van der Waals surface area contributed by atoms with Crippen LogP contribution in [0.5, 0.6) is 0 Å². The van der Waals surface area contributed by atoms with E-state index in [1.54, 1.807) is 6.07 Å². The fourth-order valence-electron chi connectivity index (χ4n) is 4.06. The van der Waals surface area contributed by atoms with Crippen molar-refractivity contribution in [2.75, 3.05) is 0 Å². The third-order valence-electron chi connectivity index (χ3n) is 5.36. The first-order chi connectivity index (χ1) is 11.3. The Kier molecular flexibility index (Phi) is 3.90. The predicted octanol–water partition coefficient (Wildman–Crippen LogP) is 5.82. The third kappa shape index (κ3) is 3.03. The van der Waals surface area contributed by atoms with E-state index in [9.17, 15) is 4.39 Å². The summed E-state index contributed by atoms with van der Waals surface area (Å²) in [6, 6.07) is 15.9. The van der Waals surface area contributed by atoms with Crippen LogP contribution < -0.4 is 0 Å². The zero-order valence-corrected chi connectivity index (χ0v) is 13.3. The molecule has 0 unspecified atom stereocenters. The summed E-state index contributed by atoms with van der Waals surface area (Å²) in [5.41, 5.74) is 3.79. The van der Waals surface area contributed by atoms with Gasteiger partial charge in [-0.25, -0.2) is 4.39 Å². The molecule has 0 bridgehead atoms. The van der Waals surface area contributed by atoms with Crippen molar-refractivity contribution in [1.82, 2.24) is 4.98 Å². The number of benzene rings is 2. The van der Waals surface area contributed by atoms with Crippen LogP contribution in [0.15, 0.2) is 54.7 Å². The van der Waals surface area contributed by atoms with E-state index in [4.69, 9.17) is 0 Å². The van der Waals surface area contributed by atoms with Gasteiger partial charge in [0.1, 0.15) is 5.82 Å². The molecule has 0 amide bonds. The summed E-state index contributed by atoms with van der Waals surface area (Å²) >= 11 is 0. The Morgan fingerprint density at radius 3 is 2.52 bits per heavy atom. The van der Waals surface area contributed by atoms with Crippen LogP contribution in [0.3, 0.4) is 0 Å². The van der Waals surface area contributed by atoms with Crippen LogP contribution in [-0.4, -0.2) is 4.98 Å². The van der Waals surface area contributed by atoms with Gasteiger partial charge in [-0.1, -0.05) is 30.3 Å². The average Bonchev–Trinajstić information content (AvgIpc) is 2.98. The molecule has 1 fully saturated rings. The Morgan fingerprint density at radius 2 is 1.74 bits per heavy atom. The standard InChI is InChI=1S/C21H22FN/c22-19-10-11-21-20(13-19)18(14-23-21)12-15-6-8-17(9-7-15)16-4-2-1-3-5-16/h1-5,10-11,13-15,17,23H,6-9,12H2. The lowest BCUT2D eigenvalue weighted by Crippen LogP contribution is -2.15. The van der Waals surface area contributed by atoms with Crippen LogP contribution in [0, 0.1) is 11.7 Å². The number of aromatic amines is 1. The second-order valence-electron chi connectivity index (χ2n) is 6.84. The molecule has 1 nitrogen and oxygen atoms in total. The monoisotopic (exact) mass is 307 g/mol. The number of nitrogens with one attached hydrogen (secondary N) is 1. The van der Waals surface area contributed by atoms with Crippen molar-refractivity contribution >= 4 is 10.9 Å². The van der Waals surface area contributed by atoms with E-state index >= 15 is 0 Å². The van der Waals surface area contributed by atoms with Gasteiger partial charge in [0.2, 0.25) is 0 Å². The molecule has 0 spiro atoms. The molecule has 2 heteroatoms. The maximum atomic E-state index is 13.5. The molecular formula is C21H22FN. The SMILES string of the molecule is Fc1ccc2[nH]cc(CC3CCC(c4ccccc4)CC3)c2c1. The fraction of sp³-hybridized carbons (Fsp3) is 0.333. The zero-order chi connectivity index (χ0) is 15.6. The molecule has 4 rings (SSSR count). The number of aromatic nitrogens is 1. The van der Waals surface area contributed by atoms with Gasteiger partial charge in [-0.05, 0) is 73.3 Å². The molecule has 1 aliphatic carbocycles. The second kappa shape index (κ2) is 6.19. The molecule has 0 aliphatic heterocycles. The molecule has 0 radical (unpaired) electrons. The molecule has 1 N–H and O–H groups in total. The lowest BCUT2D eigenvalue weighted by atomic mass is 9.77. The minimum Gasteiger partial charge on any atom is -0.361 e. The molecule has 3 aromatic rings. The molecule has 23 heavy (non-hydrogen) atoms. The van der Waals surface area contributed by atoms with Crippen LogP contribution in [0.4, 0.5) is 4.39 Å². The molecule has 2 aromatic carbocycles. The predicted molar refractivity (Wildman–Crippen MR) is 93.1 cm³/mol. The minimum absolute atomic E-state index is 0.147. The highest BCUT2D eigenvalue weighted by molar-refractivity contribution is 5.83. The summed E-state index contributed by atoms with van der Waals surface area (Å²) in [6.07, 6.45) is 8.19. The normalized spacial score (nSPS) is 21.6. The van der Waals surface area contributed by atoms with Crippen molar-refractivity contribution in [2.24, 2.45) is 5.92 Å². The molecule has 0 atom stereocenters. The highest BCUT2D eigenvalue weighted by atomic mass is 19.1. The first kappa shape index (κ1) is 14.5. The quantitative estimate of drug-likeness (QED) is 0.627. The number of hydrogen-bond donors (Lipinski definition) is 1. The number of halogens is 1. The van der Waals surface area contributed by atoms with Crippen molar-refractivity contribution in [2.45, 2.75) is 38.0 Å². The Morgan fingerprint density at radius 1 is 0.957 bits per heavy atom. The van der Waals surface area contributed by atoms with Crippen LogP contribution in [0.25, 0.3) is 10.9 Å². The maximum absolute atomic E-state index is 13.5. The Labute approximate surface area is 136 Å². The van der Waals surface area contributed by atoms with E-state index in [1.165, 1.54) is 42.9 Å². The van der Waals surface area contributed by atoms with Crippen molar-refractivity contribution in [3.8, 4) is 0 Å². The van der Waals surface area contributed by atoms with Gasteiger partial charge >= 0.3 is 0 Å². The molecule has 1 aromatic heterocycles. The molecular weight excluding hydrogens is 285 g/mol. The molecule has 1 aliphatic rings. The van der Waals surface area contributed by atoms with Crippen molar-refractivity contribution in [1.29, 1.82) is 0 Å². The average molecular weight is 307 g/mol. The highest BCUT2D eigenvalue weighted by Gasteiger charge is 2.23. The zero-order valence-electron chi connectivity index (χ0n) is 13.3. The Hall–Kier alpha value is -2.09. The highest BCUT2D eigenvalue weighted by Crippen LogP contribution is 2.37. The van der Waals surface area contributed by atoms with E-state index < -0.39 is 0 Å². The van der Waals surface area contributed by atoms with Gasteiger partial charge in [0.05, 0.1) is 0 Å². The van der Waals surface area contributed by atoms with Crippen molar-refractivity contribution in [3.63, 3.8) is 0 Å². The number of fused-ring (bicyclic) bond motifs is 1. The smallest absolute Gasteiger partial charge is 0.123 e. The third-order valence-corrected chi connectivity index (χ3v) is 5.36. The van der Waals surface area contributed by atoms with Gasteiger partial charge in [0, 0.05) is 17.1 Å². The van der Waals surface area contributed by atoms with Crippen molar-refractivity contribution in [3.05, 3.63) is 71.7 Å². The summed E-state index contributed by atoms with van der Waals surface area (Å²) in [5.74, 6) is 1.29. The van der Waals surface area contributed by atoms with E-state index in [0.29, 0.717) is 5.92 Å². The summed E-state index contributed by atoms with van der Waals surface area (Å²) in [7, 11) is 0. The molecule has 1 heterocycles. The topological polar surface area (TPSA) is 15.8 Å². The van der Waals surface area contributed by atoms with Gasteiger partial charge in [0.25, 0.3) is 0 Å². The van der Waals surface area contributed by atoms with Crippen LogP contribution in [0.2, 0.25) is 0 Å². The van der Waals surface area contributed by atoms with Gasteiger partial charge in [-0.2, -0.15) is 0 Å². The van der Waals surface area contributed by atoms with Crippen LogP contribution in [-0.2, 0) is 6.42 Å².